The minimum atomic E-state index is -0.00449. The third-order valence-corrected chi connectivity index (χ3v) is 2.90. The van der Waals surface area contributed by atoms with Crippen LogP contribution in [0.2, 0.25) is 0 Å². The van der Waals surface area contributed by atoms with E-state index in [4.69, 9.17) is 4.74 Å². The number of likely N-dealkylation sites (N-methyl/N-ethyl adjacent to an activating group) is 2. The first-order chi connectivity index (χ1) is 9.13. The molecule has 0 saturated carbocycles. The molecule has 0 aliphatic rings. The molecule has 0 amide bonds. The Hall–Kier alpha value is -1.23. The van der Waals surface area contributed by atoms with Gasteiger partial charge in [-0.25, -0.2) is 0 Å². The van der Waals surface area contributed by atoms with E-state index >= 15 is 0 Å². The van der Waals surface area contributed by atoms with Crippen LogP contribution in [-0.4, -0.2) is 56.5 Å². The van der Waals surface area contributed by atoms with Crippen LogP contribution in [0.3, 0.4) is 0 Å². The molecule has 0 spiro atoms. The van der Waals surface area contributed by atoms with Crippen LogP contribution < -0.4 is 0 Å². The molecule has 0 heterocycles. The molecule has 1 aromatic carbocycles. The van der Waals surface area contributed by atoms with Crippen LogP contribution in [0.15, 0.2) is 30.3 Å². The van der Waals surface area contributed by atoms with E-state index in [1.807, 2.05) is 39.3 Å². The minimum absolute atomic E-state index is 0.00449. The highest BCUT2D eigenvalue weighted by Gasteiger charge is 2.15. The van der Waals surface area contributed by atoms with Gasteiger partial charge in [-0.1, -0.05) is 30.3 Å². The number of carbonyl (C=O) groups is 1. The van der Waals surface area contributed by atoms with Crippen molar-refractivity contribution in [3.05, 3.63) is 35.9 Å². The van der Waals surface area contributed by atoms with Crippen molar-refractivity contribution in [3.8, 4) is 0 Å². The number of hydrogen-bond acceptors (Lipinski definition) is 4. The fourth-order valence-electron chi connectivity index (χ4n) is 1.80. The molecule has 1 atom stereocenters. The summed E-state index contributed by atoms with van der Waals surface area (Å²) in [7, 11) is 6.03. The van der Waals surface area contributed by atoms with Crippen LogP contribution in [0.4, 0.5) is 0 Å². The number of carbonyl (C=O) groups excluding carboxylic acids is 1. The van der Waals surface area contributed by atoms with Crippen molar-refractivity contribution in [3.63, 3.8) is 0 Å². The molecule has 4 heteroatoms. The summed E-state index contributed by atoms with van der Waals surface area (Å²) in [4.78, 5) is 14.6. The van der Waals surface area contributed by atoms with Gasteiger partial charge in [0.15, 0.2) is 0 Å². The number of ether oxygens (including phenoxy) is 1. The second kappa shape index (κ2) is 8.80. The van der Waals surface area contributed by atoms with Crippen molar-refractivity contribution >= 4 is 6.29 Å². The molecule has 0 N–H and O–H groups in total. The quantitative estimate of drug-likeness (QED) is 0.501. The van der Waals surface area contributed by atoms with E-state index in [-0.39, 0.29) is 6.23 Å². The average Bonchev–Trinajstić information content (AvgIpc) is 2.41. The average molecular weight is 264 g/mol. The van der Waals surface area contributed by atoms with Crippen LogP contribution >= 0.6 is 0 Å². The molecular formula is C15H24N2O2. The third-order valence-electron chi connectivity index (χ3n) is 2.90. The maximum absolute atomic E-state index is 10.5. The Balaban J connectivity index is 2.51. The molecule has 0 fully saturated rings. The van der Waals surface area contributed by atoms with Crippen LogP contribution in [0.1, 0.15) is 12.0 Å². The lowest BCUT2D eigenvalue weighted by Crippen LogP contribution is -2.42. The maximum Gasteiger partial charge on any atom is 0.123 e. The Labute approximate surface area is 116 Å². The second-order valence-corrected chi connectivity index (χ2v) is 4.95. The molecule has 0 aliphatic carbocycles. The molecule has 1 unspecified atom stereocenters. The van der Waals surface area contributed by atoms with E-state index in [0.29, 0.717) is 13.0 Å². The van der Waals surface area contributed by atoms with Gasteiger partial charge in [-0.2, -0.15) is 0 Å². The molecule has 106 valence electrons. The van der Waals surface area contributed by atoms with Crippen molar-refractivity contribution in [2.24, 2.45) is 0 Å². The van der Waals surface area contributed by atoms with E-state index in [9.17, 15) is 4.79 Å². The van der Waals surface area contributed by atoms with Crippen molar-refractivity contribution in [2.45, 2.75) is 19.3 Å². The lowest BCUT2D eigenvalue weighted by atomic mass is 10.2. The number of nitrogens with zero attached hydrogens (tertiary/aromatic N) is 2. The first kappa shape index (κ1) is 15.8. The molecular weight excluding hydrogens is 240 g/mol. The Morgan fingerprint density at radius 2 is 1.89 bits per heavy atom. The minimum Gasteiger partial charge on any atom is -0.357 e. The normalized spacial score (nSPS) is 12.9. The Morgan fingerprint density at radius 3 is 2.47 bits per heavy atom. The molecule has 0 aliphatic heterocycles. The smallest absolute Gasteiger partial charge is 0.123 e. The molecule has 0 aromatic heterocycles. The fourth-order valence-corrected chi connectivity index (χ4v) is 1.80. The summed E-state index contributed by atoms with van der Waals surface area (Å²) in [5.41, 5.74) is 1.16. The maximum atomic E-state index is 10.5. The predicted octanol–water partition coefficient (Wildman–Crippen LogP) is 1.61. The highest BCUT2D eigenvalue weighted by molar-refractivity contribution is 5.49. The van der Waals surface area contributed by atoms with Gasteiger partial charge in [0.1, 0.15) is 12.5 Å². The molecule has 1 aromatic rings. The Bertz CT molecular complexity index is 354. The highest BCUT2D eigenvalue weighted by Crippen LogP contribution is 2.07. The van der Waals surface area contributed by atoms with Gasteiger partial charge in [0.25, 0.3) is 0 Å². The molecule has 4 nitrogen and oxygen atoms in total. The zero-order valence-corrected chi connectivity index (χ0v) is 12.1. The highest BCUT2D eigenvalue weighted by atomic mass is 16.5. The van der Waals surface area contributed by atoms with Gasteiger partial charge >= 0.3 is 0 Å². The van der Waals surface area contributed by atoms with Gasteiger partial charge < -0.3 is 14.4 Å². The molecule has 0 saturated heterocycles. The number of aldehydes is 1. The van der Waals surface area contributed by atoms with Crippen molar-refractivity contribution in [1.29, 1.82) is 0 Å². The summed E-state index contributed by atoms with van der Waals surface area (Å²) in [6.45, 7) is 2.11. The fraction of sp³-hybridized carbons (Fsp3) is 0.533. The van der Waals surface area contributed by atoms with Gasteiger partial charge in [0.2, 0.25) is 0 Å². The number of hydrogen-bond donors (Lipinski definition) is 0. The Kier molecular flexibility index (Phi) is 7.33. The topological polar surface area (TPSA) is 32.8 Å². The lowest BCUT2D eigenvalue weighted by molar-refractivity contribution is -0.109. The summed E-state index contributed by atoms with van der Waals surface area (Å²) >= 11 is 0. The number of benzene rings is 1. The van der Waals surface area contributed by atoms with Gasteiger partial charge in [-0.05, 0) is 26.7 Å². The van der Waals surface area contributed by atoms with Crippen LogP contribution in [0.5, 0.6) is 0 Å². The lowest BCUT2D eigenvalue weighted by Gasteiger charge is -2.30. The predicted molar refractivity (Wildman–Crippen MR) is 76.9 cm³/mol. The molecule has 19 heavy (non-hydrogen) atoms. The van der Waals surface area contributed by atoms with Crippen molar-refractivity contribution in [2.75, 3.05) is 34.2 Å². The summed E-state index contributed by atoms with van der Waals surface area (Å²) in [6, 6.07) is 10.1. The SMILES string of the molecule is CN(C)CC(OCc1ccccc1)N(C)CCC=O. The van der Waals surface area contributed by atoms with E-state index < -0.39 is 0 Å². The van der Waals surface area contributed by atoms with Gasteiger partial charge in [-0.15, -0.1) is 0 Å². The Morgan fingerprint density at radius 1 is 1.21 bits per heavy atom. The largest absolute Gasteiger partial charge is 0.357 e. The molecule has 1 rings (SSSR count). The summed E-state index contributed by atoms with van der Waals surface area (Å²) in [6.07, 6.45) is 1.48. The zero-order valence-electron chi connectivity index (χ0n) is 12.1. The standard InChI is InChI=1S/C15H24N2O2/c1-16(2)12-15(17(3)10-7-11-18)19-13-14-8-5-4-6-9-14/h4-6,8-9,11,15H,7,10,12-13H2,1-3H3. The summed E-state index contributed by atoms with van der Waals surface area (Å²) < 4.78 is 5.97. The van der Waals surface area contributed by atoms with Crippen LogP contribution in [0, 0.1) is 0 Å². The second-order valence-electron chi connectivity index (χ2n) is 4.95. The molecule has 0 radical (unpaired) electrons. The van der Waals surface area contributed by atoms with Gasteiger partial charge in [-0.3, -0.25) is 4.90 Å². The summed E-state index contributed by atoms with van der Waals surface area (Å²) in [5.74, 6) is 0. The van der Waals surface area contributed by atoms with Crippen LogP contribution in [0.25, 0.3) is 0 Å². The van der Waals surface area contributed by atoms with Gasteiger partial charge in [0.05, 0.1) is 6.61 Å². The number of rotatable bonds is 9. The monoisotopic (exact) mass is 264 g/mol. The van der Waals surface area contributed by atoms with Crippen LogP contribution in [-0.2, 0) is 16.1 Å². The third kappa shape index (κ3) is 6.47. The first-order valence-electron chi connectivity index (χ1n) is 6.57. The first-order valence-corrected chi connectivity index (χ1v) is 6.57. The zero-order chi connectivity index (χ0) is 14.1. The van der Waals surface area contributed by atoms with E-state index in [1.165, 1.54) is 0 Å². The van der Waals surface area contributed by atoms with E-state index in [2.05, 4.69) is 21.9 Å². The van der Waals surface area contributed by atoms with Gasteiger partial charge in [0, 0.05) is 19.5 Å². The van der Waals surface area contributed by atoms with Crippen molar-refractivity contribution < 1.29 is 9.53 Å². The molecule has 0 bridgehead atoms. The summed E-state index contributed by atoms with van der Waals surface area (Å²) in [5, 5.41) is 0. The van der Waals surface area contributed by atoms with Crippen molar-refractivity contribution in [1.82, 2.24) is 9.80 Å². The van der Waals surface area contributed by atoms with E-state index in [1.54, 1.807) is 0 Å². The van der Waals surface area contributed by atoms with E-state index in [0.717, 1.165) is 24.9 Å².